The van der Waals surface area contributed by atoms with E-state index in [4.69, 9.17) is 0 Å². The summed E-state index contributed by atoms with van der Waals surface area (Å²) in [6.45, 7) is 11.5. The van der Waals surface area contributed by atoms with E-state index in [1.165, 1.54) is 6.20 Å². The fraction of sp³-hybridized carbons (Fsp3) is 0.478. The van der Waals surface area contributed by atoms with Crippen molar-refractivity contribution in [3.8, 4) is 0 Å². The van der Waals surface area contributed by atoms with Gasteiger partial charge in [0, 0.05) is 51.2 Å². The summed E-state index contributed by atoms with van der Waals surface area (Å²) >= 11 is 0. The minimum Gasteiger partial charge on any atom is -0.380 e. The van der Waals surface area contributed by atoms with Crippen LogP contribution in [0.3, 0.4) is 0 Å². The number of anilines is 2. The molecule has 0 saturated carbocycles. The molecule has 2 N–H and O–H groups in total. The van der Waals surface area contributed by atoms with Gasteiger partial charge in [0.25, 0.3) is 11.8 Å². The SMILES string of the molecule is CC(C)CNC(=O)c1ccc(C(=O)N2CCN(c3ncccc3NC(C)C)CC2)nc1. The molecule has 3 rings (SSSR count). The van der Waals surface area contributed by atoms with E-state index in [9.17, 15) is 9.59 Å². The summed E-state index contributed by atoms with van der Waals surface area (Å²) in [5, 5.41) is 6.29. The quantitative estimate of drug-likeness (QED) is 0.710. The van der Waals surface area contributed by atoms with E-state index in [1.807, 2.05) is 26.0 Å². The molecule has 8 nitrogen and oxygen atoms in total. The van der Waals surface area contributed by atoms with Crippen LogP contribution in [0.15, 0.2) is 36.7 Å². The second kappa shape index (κ2) is 10.2. The minimum absolute atomic E-state index is 0.115. The number of rotatable bonds is 7. The van der Waals surface area contributed by atoms with Gasteiger partial charge in [0.2, 0.25) is 0 Å². The average Bonchev–Trinajstić information content (AvgIpc) is 2.77. The molecule has 31 heavy (non-hydrogen) atoms. The first-order valence-corrected chi connectivity index (χ1v) is 10.8. The molecule has 0 aliphatic carbocycles. The maximum Gasteiger partial charge on any atom is 0.272 e. The number of amides is 2. The number of nitrogens with zero attached hydrogens (tertiary/aromatic N) is 4. The fourth-order valence-electron chi connectivity index (χ4n) is 3.41. The molecule has 0 bridgehead atoms. The van der Waals surface area contributed by atoms with Crippen molar-refractivity contribution in [3.05, 3.63) is 47.9 Å². The summed E-state index contributed by atoms with van der Waals surface area (Å²) < 4.78 is 0. The van der Waals surface area contributed by atoms with Crippen LogP contribution >= 0.6 is 0 Å². The zero-order chi connectivity index (χ0) is 22.4. The van der Waals surface area contributed by atoms with Crippen LogP contribution in [0.5, 0.6) is 0 Å². The standard InChI is InChI=1S/C23H32N6O2/c1-16(2)14-26-22(30)18-7-8-20(25-15-18)23(31)29-12-10-28(11-13-29)21-19(27-17(3)4)6-5-9-24-21/h5-9,15-17,27H,10-14H2,1-4H3,(H,26,30). The average molecular weight is 425 g/mol. The molecule has 1 aliphatic heterocycles. The first-order chi connectivity index (χ1) is 14.8. The Kier molecular flexibility index (Phi) is 7.44. The number of carbonyl (C=O) groups excluding carboxylic acids is 2. The molecule has 2 aromatic heterocycles. The fourth-order valence-corrected chi connectivity index (χ4v) is 3.41. The Labute approximate surface area is 184 Å². The monoisotopic (exact) mass is 424 g/mol. The molecule has 8 heteroatoms. The van der Waals surface area contributed by atoms with Crippen LogP contribution in [-0.4, -0.2) is 65.4 Å². The highest BCUT2D eigenvalue weighted by Crippen LogP contribution is 2.24. The van der Waals surface area contributed by atoms with Gasteiger partial charge in [0.15, 0.2) is 5.82 Å². The van der Waals surface area contributed by atoms with Gasteiger partial charge in [-0.3, -0.25) is 14.6 Å². The van der Waals surface area contributed by atoms with Crippen molar-refractivity contribution >= 4 is 23.3 Å². The molecule has 0 spiro atoms. The molecular formula is C23H32N6O2. The lowest BCUT2D eigenvalue weighted by atomic mass is 10.2. The van der Waals surface area contributed by atoms with Gasteiger partial charge < -0.3 is 20.4 Å². The summed E-state index contributed by atoms with van der Waals surface area (Å²) in [4.78, 5) is 37.8. The number of nitrogens with one attached hydrogen (secondary N) is 2. The predicted octanol–water partition coefficient (Wildman–Crippen LogP) is 2.65. The third-order valence-electron chi connectivity index (χ3n) is 5.01. The Hall–Kier alpha value is -3.16. The summed E-state index contributed by atoms with van der Waals surface area (Å²) in [7, 11) is 0. The van der Waals surface area contributed by atoms with Crippen molar-refractivity contribution in [2.75, 3.05) is 42.9 Å². The van der Waals surface area contributed by atoms with Gasteiger partial charge in [-0.2, -0.15) is 0 Å². The van der Waals surface area contributed by atoms with Crippen LogP contribution in [0.4, 0.5) is 11.5 Å². The van der Waals surface area contributed by atoms with Crippen molar-refractivity contribution < 1.29 is 9.59 Å². The van der Waals surface area contributed by atoms with E-state index in [0.717, 1.165) is 11.5 Å². The predicted molar refractivity (Wildman–Crippen MR) is 123 cm³/mol. The van der Waals surface area contributed by atoms with Crippen LogP contribution in [0.2, 0.25) is 0 Å². The van der Waals surface area contributed by atoms with Gasteiger partial charge in [0.1, 0.15) is 5.69 Å². The van der Waals surface area contributed by atoms with E-state index < -0.39 is 0 Å². The highest BCUT2D eigenvalue weighted by Gasteiger charge is 2.25. The normalized spacial score (nSPS) is 14.1. The number of hydrogen-bond acceptors (Lipinski definition) is 6. The summed E-state index contributed by atoms with van der Waals surface area (Å²) in [5.41, 5.74) is 1.82. The molecule has 1 fully saturated rings. The Morgan fingerprint density at radius 3 is 2.39 bits per heavy atom. The molecule has 0 aromatic carbocycles. The number of piperazine rings is 1. The third-order valence-corrected chi connectivity index (χ3v) is 5.01. The number of pyridine rings is 2. The molecule has 1 saturated heterocycles. The molecule has 3 heterocycles. The van der Waals surface area contributed by atoms with Gasteiger partial charge in [0.05, 0.1) is 11.3 Å². The van der Waals surface area contributed by atoms with Gasteiger partial charge in [-0.05, 0) is 44.0 Å². The van der Waals surface area contributed by atoms with Gasteiger partial charge in [-0.1, -0.05) is 13.8 Å². The minimum atomic E-state index is -0.171. The topological polar surface area (TPSA) is 90.5 Å². The zero-order valence-corrected chi connectivity index (χ0v) is 18.8. The Balaban J connectivity index is 1.59. The van der Waals surface area contributed by atoms with Crippen molar-refractivity contribution in [3.63, 3.8) is 0 Å². The van der Waals surface area contributed by atoms with E-state index in [2.05, 4.69) is 39.3 Å². The van der Waals surface area contributed by atoms with Gasteiger partial charge >= 0.3 is 0 Å². The van der Waals surface area contributed by atoms with Crippen LogP contribution in [-0.2, 0) is 0 Å². The molecule has 0 radical (unpaired) electrons. The molecule has 0 atom stereocenters. The number of hydrogen-bond donors (Lipinski definition) is 2. The lowest BCUT2D eigenvalue weighted by Crippen LogP contribution is -2.49. The molecule has 166 valence electrons. The largest absolute Gasteiger partial charge is 0.380 e. The molecule has 2 amide bonds. The molecule has 0 unspecified atom stereocenters. The molecular weight excluding hydrogens is 392 g/mol. The third kappa shape index (κ3) is 5.93. The van der Waals surface area contributed by atoms with Crippen molar-refractivity contribution in [2.24, 2.45) is 5.92 Å². The van der Waals surface area contributed by atoms with Crippen LogP contribution < -0.4 is 15.5 Å². The first-order valence-electron chi connectivity index (χ1n) is 10.8. The Bertz CT molecular complexity index is 889. The van der Waals surface area contributed by atoms with Crippen LogP contribution in [0.1, 0.15) is 48.5 Å². The molecule has 1 aliphatic rings. The second-order valence-electron chi connectivity index (χ2n) is 8.49. The Morgan fingerprint density at radius 1 is 1.03 bits per heavy atom. The van der Waals surface area contributed by atoms with Gasteiger partial charge in [-0.15, -0.1) is 0 Å². The van der Waals surface area contributed by atoms with Gasteiger partial charge in [-0.25, -0.2) is 4.98 Å². The van der Waals surface area contributed by atoms with E-state index in [-0.39, 0.29) is 11.8 Å². The summed E-state index contributed by atoms with van der Waals surface area (Å²) in [6, 6.07) is 7.55. The zero-order valence-electron chi connectivity index (χ0n) is 18.8. The lowest BCUT2D eigenvalue weighted by molar-refractivity contribution is 0.0740. The highest BCUT2D eigenvalue weighted by atomic mass is 16.2. The number of carbonyl (C=O) groups is 2. The van der Waals surface area contributed by atoms with Crippen LogP contribution in [0, 0.1) is 5.92 Å². The smallest absolute Gasteiger partial charge is 0.272 e. The number of aromatic nitrogens is 2. The first kappa shape index (κ1) is 22.5. The maximum atomic E-state index is 12.9. The van der Waals surface area contributed by atoms with Crippen LogP contribution in [0.25, 0.3) is 0 Å². The van der Waals surface area contributed by atoms with E-state index >= 15 is 0 Å². The van der Waals surface area contributed by atoms with E-state index in [1.54, 1.807) is 23.2 Å². The Morgan fingerprint density at radius 2 is 1.77 bits per heavy atom. The van der Waals surface area contributed by atoms with Crippen molar-refractivity contribution in [1.29, 1.82) is 0 Å². The lowest BCUT2D eigenvalue weighted by Gasteiger charge is -2.36. The summed E-state index contributed by atoms with van der Waals surface area (Å²) in [6.07, 6.45) is 3.26. The van der Waals surface area contributed by atoms with Crippen molar-refractivity contribution in [2.45, 2.75) is 33.7 Å². The highest BCUT2D eigenvalue weighted by molar-refractivity contribution is 5.96. The maximum absolute atomic E-state index is 12.9. The van der Waals surface area contributed by atoms with E-state index in [0.29, 0.717) is 55.9 Å². The second-order valence-corrected chi connectivity index (χ2v) is 8.49. The molecule has 2 aromatic rings. The summed E-state index contributed by atoms with van der Waals surface area (Å²) in [5.74, 6) is 1.00. The van der Waals surface area contributed by atoms with Crippen molar-refractivity contribution in [1.82, 2.24) is 20.2 Å².